The van der Waals surface area contributed by atoms with Gasteiger partial charge < -0.3 is 5.11 Å². The van der Waals surface area contributed by atoms with Gasteiger partial charge in [0.2, 0.25) is 10.0 Å². The first-order valence-corrected chi connectivity index (χ1v) is 6.75. The molecule has 0 bridgehead atoms. The zero-order valence-corrected chi connectivity index (χ0v) is 11.0. The van der Waals surface area contributed by atoms with E-state index in [1.807, 2.05) is 0 Å². The monoisotopic (exact) mass is 269 g/mol. The summed E-state index contributed by atoms with van der Waals surface area (Å²) in [6.07, 6.45) is 1.45. The number of hydrogen-bond acceptors (Lipinski definition) is 3. The Balaban J connectivity index is 3.22. The summed E-state index contributed by atoms with van der Waals surface area (Å²) in [5.74, 6) is -1.15. The lowest BCUT2D eigenvalue weighted by Crippen LogP contribution is -2.31. The van der Waals surface area contributed by atoms with E-state index in [2.05, 4.69) is 11.3 Å². The maximum Gasteiger partial charge on any atom is 0.335 e. The van der Waals surface area contributed by atoms with E-state index in [0.717, 1.165) is 6.07 Å². The highest BCUT2D eigenvalue weighted by molar-refractivity contribution is 7.89. The number of rotatable bonds is 5. The van der Waals surface area contributed by atoms with Crippen LogP contribution in [0.3, 0.4) is 0 Å². The number of sulfonamides is 1. The molecule has 1 aromatic rings. The van der Waals surface area contributed by atoms with Gasteiger partial charge in [0.15, 0.2) is 0 Å². The van der Waals surface area contributed by atoms with E-state index in [0.29, 0.717) is 5.56 Å². The molecule has 0 fully saturated rings. The van der Waals surface area contributed by atoms with Gasteiger partial charge in [-0.25, -0.2) is 17.9 Å². The molecule has 1 rings (SSSR count). The van der Waals surface area contributed by atoms with Crippen molar-refractivity contribution in [1.29, 1.82) is 0 Å². The molecule has 0 saturated carbocycles. The molecule has 18 heavy (non-hydrogen) atoms. The van der Waals surface area contributed by atoms with Gasteiger partial charge in [-0.05, 0) is 31.5 Å². The molecule has 0 heterocycles. The fraction of sp³-hybridized carbons (Fsp3) is 0.250. The van der Waals surface area contributed by atoms with Gasteiger partial charge in [-0.3, -0.25) is 0 Å². The van der Waals surface area contributed by atoms with Gasteiger partial charge in [0.1, 0.15) is 0 Å². The second kappa shape index (κ2) is 5.32. The normalized spacial score (nSPS) is 13.0. The summed E-state index contributed by atoms with van der Waals surface area (Å²) in [6.45, 7) is 6.72. The van der Waals surface area contributed by atoms with Crippen LogP contribution in [0.2, 0.25) is 0 Å². The molecule has 0 aliphatic rings. The standard InChI is InChI=1S/C12H15NO4S/c1-4-9(3)13-18(16,17)10-6-5-8(2)11(7-10)12(14)15/h4-7,9,13H,1H2,2-3H3,(H,14,15). The second-order valence-corrected chi connectivity index (χ2v) is 5.64. The van der Waals surface area contributed by atoms with E-state index >= 15 is 0 Å². The Morgan fingerprint density at radius 2 is 2.11 bits per heavy atom. The summed E-state index contributed by atoms with van der Waals surface area (Å²) in [6, 6.07) is 3.57. The average Bonchev–Trinajstić information content (AvgIpc) is 2.28. The average molecular weight is 269 g/mol. The molecule has 0 aromatic heterocycles. The number of nitrogens with one attached hydrogen (secondary N) is 1. The summed E-state index contributed by atoms with van der Waals surface area (Å²) < 4.78 is 26.2. The van der Waals surface area contributed by atoms with Crippen LogP contribution in [0.25, 0.3) is 0 Å². The van der Waals surface area contributed by atoms with E-state index in [-0.39, 0.29) is 10.5 Å². The van der Waals surface area contributed by atoms with Crippen LogP contribution < -0.4 is 4.72 Å². The van der Waals surface area contributed by atoms with Crippen LogP contribution in [0.4, 0.5) is 0 Å². The summed E-state index contributed by atoms with van der Waals surface area (Å²) >= 11 is 0. The van der Waals surface area contributed by atoms with Crippen molar-refractivity contribution in [1.82, 2.24) is 4.72 Å². The molecule has 1 unspecified atom stereocenters. The minimum Gasteiger partial charge on any atom is -0.478 e. The van der Waals surface area contributed by atoms with Crippen molar-refractivity contribution in [3.8, 4) is 0 Å². The Labute approximate surface area is 106 Å². The molecule has 6 heteroatoms. The summed E-state index contributed by atoms with van der Waals surface area (Å²) in [7, 11) is -3.73. The quantitative estimate of drug-likeness (QED) is 0.794. The summed E-state index contributed by atoms with van der Waals surface area (Å²) in [5.41, 5.74) is 0.488. The van der Waals surface area contributed by atoms with Crippen LogP contribution in [-0.2, 0) is 10.0 Å². The van der Waals surface area contributed by atoms with E-state index in [9.17, 15) is 13.2 Å². The van der Waals surface area contributed by atoms with Crippen LogP contribution >= 0.6 is 0 Å². The predicted octanol–water partition coefficient (Wildman–Crippen LogP) is 1.55. The third kappa shape index (κ3) is 3.18. The van der Waals surface area contributed by atoms with Gasteiger partial charge in [0.25, 0.3) is 0 Å². The molecule has 0 spiro atoms. The summed E-state index contributed by atoms with van der Waals surface area (Å²) in [4.78, 5) is 10.9. The third-order valence-electron chi connectivity index (χ3n) is 2.44. The van der Waals surface area contributed by atoms with Crippen molar-refractivity contribution in [2.24, 2.45) is 0 Å². The van der Waals surface area contributed by atoms with Crippen LogP contribution in [-0.4, -0.2) is 25.5 Å². The molecule has 0 aliphatic heterocycles. The maximum atomic E-state index is 11.9. The minimum atomic E-state index is -3.73. The van der Waals surface area contributed by atoms with E-state index in [4.69, 9.17) is 5.11 Å². The molecule has 1 aromatic carbocycles. The lowest BCUT2D eigenvalue weighted by molar-refractivity contribution is 0.0696. The van der Waals surface area contributed by atoms with Gasteiger partial charge in [0, 0.05) is 6.04 Å². The number of carbonyl (C=O) groups is 1. The fourth-order valence-electron chi connectivity index (χ4n) is 1.36. The van der Waals surface area contributed by atoms with Crippen LogP contribution in [0, 0.1) is 6.92 Å². The van der Waals surface area contributed by atoms with Crippen molar-refractivity contribution >= 4 is 16.0 Å². The number of carboxylic acid groups (broad SMARTS) is 1. The highest BCUT2D eigenvalue weighted by Gasteiger charge is 2.18. The maximum absolute atomic E-state index is 11.9. The van der Waals surface area contributed by atoms with Gasteiger partial charge in [-0.2, -0.15) is 0 Å². The van der Waals surface area contributed by atoms with Gasteiger partial charge >= 0.3 is 5.97 Å². The zero-order chi connectivity index (χ0) is 13.9. The number of aryl methyl sites for hydroxylation is 1. The molecule has 98 valence electrons. The van der Waals surface area contributed by atoms with E-state index in [1.54, 1.807) is 13.8 Å². The fourth-order valence-corrected chi connectivity index (χ4v) is 2.60. The van der Waals surface area contributed by atoms with Crippen molar-refractivity contribution in [2.75, 3.05) is 0 Å². The smallest absolute Gasteiger partial charge is 0.335 e. The van der Waals surface area contributed by atoms with Crippen LogP contribution in [0.5, 0.6) is 0 Å². The molecular weight excluding hydrogens is 254 g/mol. The lowest BCUT2D eigenvalue weighted by Gasteiger charge is -2.11. The van der Waals surface area contributed by atoms with Crippen LogP contribution in [0.15, 0.2) is 35.7 Å². The van der Waals surface area contributed by atoms with Crippen molar-refractivity contribution in [2.45, 2.75) is 24.8 Å². The third-order valence-corrected chi connectivity index (χ3v) is 4.00. The Hall–Kier alpha value is -1.66. The topological polar surface area (TPSA) is 83.5 Å². The van der Waals surface area contributed by atoms with Gasteiger partial charge in [-0.15, -0.1) is 6.58 Å². The SMILES string of the molecule is C=CC(C)NS(=O)(=O)c1ccc(C)c(C(=O)O)c1. The highest BCUT2D eigenvalue weighted by Crippen LogP contribution is 2.16. The zero-order valence-electron chi connectivity index (χ0n) is 10.2. The van der Waals surface area contributed by atoms with Crippen LogP contribution in [0.1, 0.15) is 22.8 Å². The first kappa shape index (κ1) is 14.4. The first-order chi connectivity index (χ1) is 8.27. The number of hydrogen-bond donors (Lipinski definition) is 2. The molecular formula is C12H15NO4S. The van der Waals surface area contributed by atoms with Gasteiger partial charge in [0.05, 0.1) is 10.5 Å². The van der Waals surface area contributed by atoms with Crippen molar-refractivity contribution in [3.63, 3.8) is 0 Å². The Kier molecular flexibility index (Phi) is 4.26. The molecule has 1 atom stereocenters. The lowest BCUT2D eigenvalue weighted by atomic mass is 10.1. The van der Waals surface area contributed by atoms with E-state index in [1.165, 1.54) is 18.2 Å². The minimum absolute atomic E-state index is 0.0240. The Bertz CT molecular complexity index is 578. The Morgan fingerprint density at radius 3 is 2.61 bits per heavy atom. The molecule has 0 amide bonds. The molecule has 0 radical (unpaired) electrons. The van der Waals surface area contributed by atoms with E-state index < -0.39 is 22.0 Å². The Morgan fingerprint density at radius 1 is 1.50 bits per heavy atom. The molecule has 0 aliphatic carbocycles. The van der Waals surface area contributed by atoms with Crippen molar-refractivity contribution < 1.29 is 18.3 Å². The molecule has 5 nitrogen and oxygen atoms in total. The first-order valence-electron chi connectivity index (χ1n) is 5.26. The molecule has 2 N–H and O–H groups in total. The molecule has 0 saturated heterocycles. The number of carboxylic acids is 1. The number of aromatic carboxylic acids is 1. The second-order valence-electron chi connectivity index (χ2n) is 3.93. The summed E-state index contributed by atoms with van der Waals surface area (Å²) in [5, 5.41) is 8.95. The van der Waals surface area contributed by atoms with Gasteiger partial charge in [-0.1, -0.05) is 12.1 Å². The largest absolute Gasteiger partial charge is 0.478 e. The van der Waals surface area contributed by atoms with Crippen molar-refractivity contribution in [3.05, 3.63) is 42.0 Å². The highest BCUT2D eigenvalue weighted by atomic mass is 32.2. The number of benzene rings is 1. The predicted molar refractivity (Wildman–Crippen MR) is 68.1 cm³/mol.